The van der Waals surface area contributed by atoms with Gasteiger partial charge in [0.2, 0.25) is 5.28 Å². The van der Waals surface area contributed by atoms with Crippen LogP contribution in [0.3, 0.4) is 0 Å². The predicted octanol–water partition coefficient (Wildman–Crippen LogP) is 4.60. The monoisotopic (exact) mass is 467 g/mol. The van der Waals surface area contributed by atoms with Crippen molar-refractivity contribution in [1.29, 1.82) is 0 Å². The van der Waals surface area contributed by atoms with Gasteiger partial charge < -0.3 is 10.1 Å². The first-order chi connectivity index (χ1) is 15.2. The molecule has 3 aromatic rings. The van der Waals surface area contributed by atoms with Crippen molar-refractivity contribution >= 4 is 23.2 Å². The number of carbonyl (C=O) groups is 1. The summed E-state index contributed by atoms with van der Waals surface area (Å²) in [6.07, 6.45) is 1.88. The fraction of sp³-hybridized carbons (Fsp3) is 0.250. The Morgan fingerprint density at radius 1 is 1.16 bits per heavy atom. The van der Waals surface area contributed by atoms with Crippen LogP contribution in [0.25, 0.3) is 11.3 Å². The summed E-state index contributed by atoms with van der Waals surface area (Å²) in [6, 6.07) is 2.73. The minimum Gasteiger partial charge on any atom is -0.366 e. The van der Waals surface area contributed by atoms with E-state index >= 15 is 0 Å². The van der Waals surface area contributed by atoms with Crippen LogP contribution in [0.15, 0.2) is 36.9 Å². The van der Waals surface area contributed by atoms with Gasteiger partial charge in [-0.1, -0.05) is 0 Å². The predicted molar refractivity (Wildman–Crippen MR) is 105 cm³/mol. The van der Waals surface area contributed by atoms with Crippen LogP contribution in [0, 0.1) is 11.6 Å². The molecule has 0 radical (unpaired) electrons. The Bertz CT molecular complexity index is 1150. The molecule has 12 heteroatoms. The SMILES string of the molecule is O=C(Nc1c(-c2cc(F)ccc2F)ncnc1C1CCC(F)(F)CO1)c1cnc(Cl)nc1. The molecule has 2 aromatic heterocycles. The van der Waals surface area contributed by atoms with Crippen molar-refractivity contribution in [3.63, 3.8) is 0 Å². The number of alkyl halides is 2. The molecule has 32 heavy (non-hydrogen) atoms. The Hall–Kier alpha value is -3.18. The van der Waals surface area contributed by atoms with Gasteiger partial charge in [0, 0.05) is 24.4 Å². The van der Waals surface area contributed by atoms with Gasteiger partial charge in [-0.15, -0.1) is 0 Å². The van der Waals surface area contributed by atoms with Gasteiger partial charge in [0.15, 0.2) is 0 Å². The Morgan fingerprint density at radius 2 is 1.91 bits per heavy atom. The van der Waals surface area contributed by atoms with E-state index in [0.717, 1.165) is 36.9 Å². The van der Waals surface area contributed by atoms with Gasteiger partial charge in [0.05, 0.1) is 16.9 Å². The average Bonchev–Trinajstić information content (AvgIpc) is 2.76. The van der Waals surface area contributed by atoms with Crippen LogP contribution in [0.2, 0.25) is 5.28 Å². The zero-order chi connectivity index (χ0) is 22.9. The lowest BCUT2D eigenvalue weighted by Crippen LogP contribution is -2.32. The first-order valence-electron chi connectivity index (χ1n) is 9.32. The number of carbonyl (C=O) groups excluding carboxylic acids is 1. The fourth-order valence-corrected chi connectivity index (χ4v) is 3.30. The number of hydrogen-bond donors (Lipinski definition) is 1. The molecule has 1 aliphatic rings. The maximum Gasteiger partial charge on any atom is 0.271 e. The molecule has 1 aromatic carbocycles. The lowest BCUT2D eigenvalue weighted by atomic mass is 10.00. The minimum atomic E-state index is -2.99. The summed E-state index contributed by atoms with van der Waals surface area (Å²) < 4.78 is 60.7. The second-order valence-electron chi connectivity index (χ2n) is 7.00. The summed E-state index contributed by atoms with van der Waals surface area (Å²) >= 11 is 5.63. The van der Waals surface area contributed by atoms with Gasteiger partial charge in [-0.05, 0) is 36.2 Å². The van der Waals surface area contributed by atoms with Gasteiger partial charge in [-0.3, -0.25) is 4.79 Å². The zero-order valence-corrected chi connectivity index (χ0v) is 16.9. The number of benzene rings is 1. The Morgan fingerprint density at radius 3 is 2.59 bits per heavy atom. The fourth-order valence-electron chi connectivity index (χ4n) is 3.20. The van der Waals surface area contributed by atoms with Gasteiger partial charge in [0.25, 0.3) is 11.8 Å². The van der Waals surface area contributed by atoms with Crippen molar-refractivity contribution in [2.24, 2.45) is 0 Å². The molecule has 1 fully saturated rings. The molecule has 1 saturated heterocycles. The summed E-state index contributed by atoms with van der Waals surface area (Å²) in [7, 11) is 0. The summed E-state index contributed by atoms with van der Waals surface area (Å²) in [5.74, 6) is -5.27. The third kappa shape index (κ3) is 4.68. The maximum absolute atomic E-state index is 14.5. The van der Waals surface area contributed by atoms with Crippen molar-refractivity contribution in [3.05, 3.63) is 65.1 Å². The number of hydrogen-bond acceptors (Lipinski definition) is 6. The Balaban J connectivity index is 1.79. The van der Waals surface area contributed by atoms with Gasteiger partial charge in [-0.2, -0.15) is 0 Å². The van der Waals surface area contributed by atoms with E-state index < -0.39 is 42.6 Å². The van der Waals surface area contributed by atoms with E-state index in [-0.39, 0.29) is 39.9 Å². The number of amides is 1. The summed E-state index contributed by atoms with van der Waals surface area (Å²) in [4.78, 5) is 28.3. The van der Waals surface area contributed by atoms with E-state index in [4.69, 9.17) is 16.3 Å². The highest BCUT2D eigenvalue weighted by molar-refractivity contribution is 6.28. The summed E-state index contributed by atoms with van der Waals surface area (Å²) in [6.45, 7) is -0.844. The van der Waals surface area contributed by atoms with Gasteiger partial charge >= 0.3 is 0 Å². The minimum absolute atomic E-state index is 0.00552. The van der Waals surface area contributed by atoms with Crippen LogP contribution in [0.1, 0.15) is 35.0 Å². The molecule has 166 valence electrons. The van der Waals surface area contributed by atoms with Gasteiger partial charge in [0.1, 0.15) is 36.4 Å². The van der Waals surface area contributed by atoms with Crippen LogP contribution in [0.4, 0.5) is 23.2 Å². The number of nitrogens with zero attached hydrogens (tertiary/aromatic N) is 4. The molecule has 0 saturated carbocycles. The van der Waals surface area contributed by atoms with Crippen molar-refractivity contribution in [1.82, 2.24) is 19.9 Å². The Kier molecular flexibility index (Phi) is 6.02. The van der Waals surface area contributed by atoms with E-state index in [2.05, 4.69) is 25.3 Å². The van der Waals surface area contributed by atoms with E-state index in [1.165, 1.54) is 0 Å². The topological polar surface area (TPSA) is 89.9 Å². The highest BCUT2D eigenvalue weighted by Crippen LogP contribution is 2.40. The quantitative estimate of drug-likeness (QED) is 0.445. The van der Waals surface area contributed by atoms with E-state index in [1.807, 2.05) is 0 Å². The first kappa shape index (κ1) is 22.0. The lowest BCUT2D eigenvalue weighted by Gasteiger charge is -2.29. The molecule has 1 amide bonds. The van der Waals surface area contributed by atoms with Crippen LogP contribution in [-0.4, -0.2) is 38.4 Å². The molecule has 0 bridgehead atoms. The number of rotatable bonds is 4. The van der Waals surface area contributed by atoms with E-state index in [0.29, 0.717) is 0 Å². The van der Waals surface area contributed by atoms with E-state index in [1.54, 1.807) is 0 Å². The molecule has 1 unspecified atom stereocenters. The molecular weight excluding hydrogens is 454 g/mol. The van der Waals surface area contributed by atoms with Gasteiger partial charge in [-0.25, -0.2) is 37.5 Å². The molecule has 1 atom stereocenters. The average molecular weight is 468 g/mol. The molecule has 4 rings (SSSR count). The van der Waals surface area contributed by atoms with Crippen molar-refractivity contribution < 1.29 is 27.1 Å². The van der Waals surface area contributed by atoms with Crippen LogP contribution >= 0.6 is 11.6 Å². The zero-order valence-electron chi connectivity index (χ0n) is 16.2. The smallest absolute Gasteiger partial charge is 0.271 e. The Labute approximate surface area is 183 Å². The standard InChI is InChI=1S/C20H14ClF4N5O2/c21-19-26-6-10(7-27-19)18(31)30-17-15(12-5-11(22)1-2-13(12)23)28-9-29-16(17)14-3-4-20(24,25)8-32-14/h1-2,5-7,9,14H,3-4,8H2,(H,30,31). The normalized spacial score (nSPS) is 17.7. The lowest BCUT2D eigenvalue weighted by molar-refractivity contribution is -0.146. The van der Waals surface area contributed by atoms with Crippen molar-refractivity contribution in [3.8, 4) is 11.3 Å². The molecule has 1 aliphatic heterocycles. The van der Waals surface area contributed by atoms with Crippen molar-refractivity contribution in [2.75, 3.05) is 11.9 Å². The number of ether oxygens (including phenoxy) is 1. The first-order valence-corrected chi connectivity index (χ1v) is 9.70. The van der Waals surface area contributed by atoms with Crippen molar-refractivity contribution in [2.45, 2.75) is 24.9 Å². The maximum atomic E-state index is 14.5. The van der Waals surface area contributed by atoms with E-state index in [9.17, 15) is 22.4 Å². The largest absolute Gasteiger partial charge is 0.366 e. The van der Waals surface area contributed by atoms with Crippen LogP contribution < -0.4 is 5.32 Å². The highest BCUT2D eigenvalue weighted by atomic mass is 35.5. The summed E-state index contributed by atoms with van der Waals surface area (Å²) in [5, 5.41) is 2.46. The summed E-state index contributed by atoms with van der Waals surface area (Å²) in [5.41, 5.74) is -0.441. The number of aromatic nitrogens is 4. The van der Waals surface area contributed by atoms with Crippen LogP contribution in [0.5, 0.6) is 0 Å². The second kappa shape index (κ2) is 8.75. The molecule has 1 N–H and O–H groups in total. The molecule has 0 aliphatic carbocycles. The molecule has 7 nitrogen and oxygen atoms in total. The molecule has 3 heterocycles. The second-order valence-corrected chi connectivity index (χ2v) is 7.33. The third-order valence-corrected chi connectivity index (χ3v) is 4.95. The van der Waals surface area contributed by atoms with Crippen LogP contribution in [-0.2, 0) is 4.74 Å². The number of halogens is 5. The molecular formula is C20H14ClF4N5O2. The molecule has 0 spiro atoms. The highest BCUT2D eigenvalue weighted by Gasteiger charge is 2.38. The number of nitrogens with one attached hydrogen (secondary N) is 1. The third-order valence-electron chi connectivity index (χ3n) is 4.75. The number of anilines is 1.